The van der Waals surface area contributed by atoms with Crippen molar-refractivity contribution >= 4 is 40.1 Å². The predicted octanol–water partition coefficient (Wildman–Crippen LogP) is 0.922. The summed E-state index contributed by atoms with van der Waals surface area (Å²) >= 11 is 0. The van der Waals surface area contributed by atoms with Gasteiger partial charge in [0.2, 0.25) is 0 Å². The molecule has 5 N–H and O–H groups in total. The zero-order valence-electron chi connectivity index (χ0n) is 16.0. The summed E-state index contributed by atoms with van der Waals surface area (Å²) in [5, 5.41) is 12.3. The van der Waals surface area contributed by atoms with Gasteiger partial charge in [0.05, 0.1) is 17.6 Å². The highest BCUT2D eigenvalue weighted by atomic mass is 32.2. The Bertz CT molecular complexity index is 1030. The number of hydrogen-bond acceptors (Lipinski definition) is 7. The fourth-order valence-electron chi connectivity index (χ4n) is 2.91. The summed E-state index contributed by atoms with van der Waals surface area (Å²) in [7, 11) is -5.07. The molecule has 0 aromatic heterocycles. The standard InChI is InChI=1S/C18H22BN3O6S/c1-11(2)28-18(23)21-9-13-7-14(20)4-6-17(13)29(25,26)22-15-5-3-12-10-27-19(24)16(12)8-15/h3-8,11,22,24H,9-10,20H2,1-2H3,(H,21,23). The molecule has 0 aliphatic carbocycles. The second kappa shape index (κ2) is 8.32. The Morgan fingerprint density at radius 2 is 2.07 bits per heavy atom. The third-order valence-electron chi connectivity index (χ3n) is 4.20. The third kappa shape index (κ3) is 5.00. The monoisotopic (exact) mass is 419 g/mol. The molecule has 9 nitrogen and oxygen atoms in total. The number of anilines is 2. The smallest absolute Gasteiger partial charge is 0.447 e. The summed E-state index contributed by atoms with van der Waals surface area (Å²) in [6.07, 6.45) is -0.966. The first kappa shape index (κ1) is 21.0. The predicted molar refractivity (Wildman–Crippen MR) is 109 cm³/mol. The molecule has 1 amide bonds. The molecule has 11 heteroatoms. The van der Waals surface area contributed by atoms with Gasteiger partial charge >= 0.3 is 13.2 Å². The fourth-order valence-corrected chi connectivity index (χ4v) is 4.18. The number of benzene rings is 2. The average molecular weight is 419 g/mol. The molecule has 0 saturated heterocycles. The minimum atomic E-state index is -3.99. The number of alkyl carbamates (subject to hydrolysis) is 1. The summed E-state index contributed by atoms with van der Waals surface area (Å²) in [5.41, 5.74) is 8.04. The van der Waals surface area contributed by atoms with Gasteiger partial charge in [-0.1, -0.05) is 6.07 Å². The van der Waals surface area contributed by atoms with E-state index in [-0.39, 0.29) is 29.8 Å². The fraction of sp³-hybridized carbons (Fsp3) is 0.278. The first-order chi connectivity index (χ1) is 13.7. The van der Waals surface area contributed by atoms with Crippen molar-refractivity contribution in [3.63, 3.8) is 0 Å². The molecular formula is C18H22BN3O6S. The molecule has 29 heavy (non-hydrogen) atoms. The topological polar surface area (TPSA) is 140 Å². The third-order valence-corrected chi connectivity index (χ3v) is 5.68. The van der Waals surface area contributed by atoms with Crippen LogP contribution in [-0.4, -0.2) is 32.8 Å². The lowest BCUT2D eigenvalue weighted by Gasteiger charge is -2.15. The average Bonchev–Trinajstić information content (AvgIpc) is 2.99. The Balaban J connectivity index is 1.83. The van der Waals surface area contributed by atoms with Crippen LogP contribution in [-0.2, 0) is 32.6 Å². The maximum atomic E-state index is 12.9. The summed E-state index contributed by atoms with van der Waals surface area (Å²) in [6.45, 7) is 3.60. The SMILES string of the molecule is CC(C)OC(=O)NCc1cc(N)ccc1S(=O)(=O)Nc1ccc2c(c1)B(O)OC2. The molecule has 0 radical (unpaired) electrons. The highest BCUT2D eigenvalue weighted by Gasteiger charge is 2.28. The van der Waals surface area contributed by atoms with Crippen LogP contribution in [0.5, 0.6) is 0 Å². The van der Waals surface area contributed by atoms with Gasteiger partial charge in [0.15, 0.2) is 0 Å². The Morgan fingerprint density at radius 1 is 1.31 bits per heavy atom. The van der Waals surface area contributed by atoms with E-state index in [1.165, 1.54) is 24.3 Å². The summed E-state index contributed by atoms with van der Waals surface area (Å²) in [4.78, 5) is 11.7. The minimum absolute atomic E-state index is 0.0335. The van der Waals surface area contributed by atoms with E-state index in [1.54, 1.807) is 26.0 Å². The van der Waals surface area contributed by atoms with Crippen LogP contribution in [0.4, 0.5) is 16.2 Å². The molecule has 0 unspecified atom stereocenters. The molecule has 0 spiro atoms. The first-order valence-electron chi connectivity index (χ1n) is 8.94. The molecule has 2 aromatic rings. The van der Waals surface area contributed by atoms with Crippen molar-refractivity contribution in [3.05, 3.63) is 47.5 Å². The first-order valence-corrected chi connectivity index (χ1v) is 10.4. The molecule has 1 aliphatic heterocycles. The van der Waals surface area contributed by atoms with Crippen LogP contribution in [0.2, 0.25) is 0 Å². The van der Waals surface area contributed by atoms with E-state index in [2.05, 4.69) is 10.0 Å². The number of amides is 1. The largest absolute Gasteiger partial charge is 0.491 e. The van der Waals surface area contributed by atoms with E-state index in [1.807, 2.05) is 0 Å². The normalized spacial score (nSPS) is 13.3. The van der Waals surface area contributed by atoms with E-state index in [4.69, 9.17) is 15.1 Å². The Kier molecular flexibility index (Phi) is 6.01. The number of carbonyl (C=O) groups excluding carboxylic acids is 1. The number of nitrogen functional groups attached to an aromatic ring is 1. The second-order valence-corrected chi connectivity index (χ2v) is 8.51. The summed E-state index contributed by atoms with van der Waals surface area (Å²) in [5.74, 6) is 0. The van der Waals surface area contributed by atoms with Crippen molar-refractivity contribution in [2.24, 2.45) is 0 Å². The number of hydrogen-bond donors (Lipinski definition) is 4. The van der Waals surface area contributed by atoms with Gasteiger partial charge in [-0.25, -0.2) is 13.2 Å². The van der Waals surface area contributed by atoms with E-state index in [0.29, 0.717) is 16.7 Å². The molecule has 3 rings (SSSR count). The number of carbonyl (C=O) groups is 1. The number of fused-ring (bicyclic) bond motifs is 1. The van der Waals surface area contributed by atoms with Gasteiger partial charge in [-0.05, 0) is 60.8 Å². The van der Waals surface area contributed by atoms with Gasteiger partial charge in [0.1, 0.15) is 0 Å². The molecule has 2 aromatic carbocycles. The van der Waals surface area contributed by atoms with Gasteiger partial charge in [0, 0.05) is 17.9 Å². The van der Waals surface area contributed by atoms with E-state index >= 15 is 0 Å². The van der Waals surface area contributed by atoms with Gasteiger partial charge in [-0.15, -0.1) is 0 Å². The molecule has 1 aliphatic rings. The van der Waals surface area contributed by atoms with Gasteiger partial charge in [-0.3, -0.25) is 4.72 Å². The molecule has 0 saturated carbocycles. The molecule has 154 valence electrons. The van der Waals surface area contributed by atoms with Crippen molar-refractivity contribution in [1.82, 2.24) is 5.32 Å². The van der Waals surface area contributed by atoms with Crippen molar-refractivity contribution in [2.75, 3.05) is 10.5 Å². The Morgan fingerprint density at radius 3 is 2.79 bits per heavy atom. The van der Waals surface area contributed by atoms with Crippen LogP contribution in [0.3, 0.4) is 0 Å². The van der Waals surface area contributed by atoms with E-state index in [9.17, 15) is 18.2 Å². The van der Waals surface area contributed by atoms with Crippen molar-refractivity contribution < 1.29 is 27.6 Å². The van der Waals surface area contributed by atoms with Gasteiger partial charge < -0.3 is 25.5 Å². The van der Waals surface area contributed by atoms with Crippen LogP contribution in [0.15, 0.2) is 41.3 Å². The number of ether oxygens (including phenoxy) is 1. The maximum Gasteiger partial charge on any atom is 0.491 e. The second-order valence-electron chi connectivity index (χ2n) is 6.86. The van der Waals surface area contributed by atoms with Crippen molar-refractivity contribution in [1.29, 1.82) is 0 Å². The zero-order chi connectivity index (χ0) is 21.2. The molecular weight excluding hydrogens is 397 g/mol. The highest BCUT2D eigenvalue weighted by Crippen LogP contribution is 2.23. The highest BCUT2D eigenvalue weighted by molar-refractivity contribution is 7.92. The van der Waals surface area contributed by atoms with Crippen LogP contribution < -0.4 is 21.2 Å². The number of rotatable bonds is 6. The van der Waals surface area contributed by atoms with Crippen LogP contribution in [0, 0.1) is 0 Å². The van der Waals surface area contributed by atoms with Crippen LogP contribution in [0.1, 0.15) is 25.0 Å². The van der Waals surface area contributed by atoms with Gasteiger partial charge in [0.25, 0.3) is 10.0 Å². The molecule has 1 heterocycles. The lowest BCUT2D eigenvalue weighted by molar-refractivity contribution is 0.115. The van der Waals surface area contributed by atoms with Crippen molar-refractivity contribution in [3.8, 4) is 0 Å². The van der Waals surface area contributed by atoms with Crippen LogP contribution in [0.25, 0.3) is 0 Å². The molecule has 0 atom stereocenters. The zero-order valence-corrected chi connectivity index (χ0v) is 16.8. The minimum Gasteiger partial charge on any atom is -0.447 e. The van der Waals surface area contributed by atoms with E-state index < -0.39 is 23.2 Å². The Labute approximate surface area is 169 Å². The van der Waals surface area contributed by atoms with Crippen LogP contribution >= 0.6 is 0 Å². The lowest BCUT2D eigenvalue weighted by Crippen LogP contribution is -2.29. The van der Waals surface area contributed by atoms with E-state index in [0.717, 1.165) is 5.56 Å². The van der Waals surface area contributed by atoms with Crippen molar-refractivity contribution in [2.45, 2.75) is 38.0 Å². The molecule has 0 fully saturated rings. The maximum absolute atomic E-state index is 12.9. The number of nitrogens with two attached hydrogens (primary N) is 1. The van der Waals surface area contributed by atoms with Gasteiger partial charge in [-0.2, -0.15) is 0 Å². The Hall–Kier alpha value is -2.76. The summed E-state index contributed by atoms with van der Waals surface area (Å²) in [6, 6.07) is 9.12. The molecule has 0 bridgehead atoms. The lowest BCUT2D eigenvalue weighted by atomic mass is 9.79. The number of sulfonamides is 1. The number of nitrogens with one attached hydrogen (secondary N) is 2. The quantitative estimate of drug-likeness (QED) is 0.403. The summed E-state index contributed by atoms with van der Waals surface area (Å²) < 4.78 is 38.5.